The lowest BCUT2D eigenvalue weighted by molar-refractivity contribution is -0.140. The maximum Gasteiger partial charge on any atom is 0.419 e. The van der Waals surface area contributed by atoms with Gasteiger partial charge in [-0.1, -0.05) is 6.07 Å². The van der Waals surface area contributed by atoms with Crippen LogP contribution in [-0.4, -0.2) is 16.8 Å². The Bertz CT molecular complexity index is 376. The smallest absolute Gasteiger partial charge is 0.396 e. The number of rotatable bonds is 4. The number of aliphatic hydroxyl groups excluding tert-OH is 2. The van der Waals surface area contributed by atoms with Crippen LogP contribution in [0.3, 0.4) is 0 Å². The molecule has 96 valence electrons. The molecular weight excluding hydrogens is 240 g/mol. The second-order valence-corrected chi connectivity index (χ2v) is 3.62. The quantitative estimate of drug-likeness (QED) is 0.809. The zero-order chi connectivity index (χ0) is 13.1. The summed E-state index contributed by atoms with van der Waals surface area (Å²) in [6, 6.07) is 2.31. The highest BCUT2D eigenvalue weighted by atomic mass is 19.4. The van der Waals surface area contributed by atoms with Crippen molar-refractivity contribution >= 4 is 0 Å². The Hall–Kier alpha value is -1.14. The van der Waals surface area contributed by atoms with Crippen LogP contribution in [0, 0.1) is 5.82 Å². The Labute approximate surface area is 95.5 Å². The fourth-order valence-corrected chi connectivity index (χ4v) is 1.42. The lowest BCUT2D eigenvalue weighted by Crippen LogP contribution is -2.09. The highest BCUT2D eigenvalue weighted by Gasteiger charge is 2.34. The van der Waals surface area contributed by atoms with Crippen molar-refractivity contribution in [3.63, 3.8) is 0 Å². The molecule has 0 radical (unpaired) electrons. The molecule has 0 saturated carbocycles. The first-order valence-electron chi connectivity index (χ1n) is 5.02. The van der Waals surface area contributed by atoms with Crippen LogP contribution in [0.15, 0.2) is 18.2 Å². The standard InChI is InChI=1S/C11H12F4O2/c12-9-6-7(10(17)2-1-5-16)3-4-8(9)11(13,14)15/h3-4,6,10,16-17H,1-2,5H2. The molecule has 1 aromatic rings. The van der Waals surface area contributed by atoms with E-state index in [1.165, 1.54) is 0 Å². The summed E-state index contributed by atoms with van der Waals surface area (Å²) in [6.45, 7) is -0.139. The van der Waals surface area contributed by atoms with Crippen LogP contribution in [0.1, 0.15) is 30.1 Å². The molecule has 1 aromatic carbocycles. The lowest BCUT2D eigenvalue weighted by Gasteiger charge is -2.13. The van der Waals surface area contributed by atoms with Gasteiger partial charge in [0.05, 0.1) is 11.7 Å². The summed E-state index contributed by atoms with van der Waals surface area (Å²) in [5, 5.41) is 18.0. The minimum absolute atomic E-state index is 0.0731. The Morgan fingerprint density at radius 2 is 1.88 bits per heavy atom. The van der Waals surface area contributed by atoms with Gasteiger partial charge >= 0.3 is 6.18 Å². The van der Waals surface area contributed by atoms with Gasteiger partial charge in [-0.3, -0.25) is 0 Å². The molecule has 0 bridgehead atoms. The van der Waals surface area contributed by atoms with Crippen molar-refractivity contribution in [2.45, 2.75) is 25.1 Å². The monoisotopic (exact) mass is 252 g/mol. The van der Waals surface area contributed by atoms with Crippen LogP contribution in [0.4, 0.5) is 17.6 Å². The van der Waals surface area contributed by atoms with Gasteiger partial charge in [0.2, 0.25) is 0 Å². The predicted octanol–water partition coefficient (Wildman–Crippen LogP) is 2.65. The van der Waals surface area contributed by atoms with Crippen LogP contribution in [-0.2, 0) is 6.18 Å². The van der Waals surface area contributed by atoms with Gasteiger partial charge in [-0.25, -0.2) is 4.39 Å². The fraction of sp³-hybridized carbons (Fsp3) is 0.455. The van der Waals surface area contributed by atoms with Gasteiger partial charge < -0.3 is 10.2 Å². The van der Waals surface area contributed by atoms with Gasteiger partial charge in [0.1, 0.15) is 5.82 Å². The maximum atomic E-state index is 13.1. The topological polar surface area (TPSA) is 40.5 Å². The van der Waals surface area contributed by atoms with E-state index >= 15 is 0 Å². The molecule has 0 amide bonds. The number of hydrogen-bond acceptors (Lipinski definition) is 2. The molecule has 1 rings (SSSR count). The molecule has 0 aliphatic rings. The minimum Gasteiger partial charge on any atom is -0.396 e. The van der Waals surface area contributed by atoms with Gasteiger partial charge in [-0.05, 0) is 30.5 Å². The molecule has 17 heavy (non-hydrogen) atoms. The van der Waals surface area contributed by atoms with Crippen LogP contribution in [0.2, 0.25) is 0 Å². The van der Waals surface area contributed by atoms with E-state index < -0.39 is 23.7 Å². The maximum absolute atomic E-state index is 13.1. The van der Waals surface area contributed by atoms with E-state index in [9.17, 15) is 22.7 Å². The number of benzene rings is 1. The largest absolute Gasteiger partial charge is 0.419 e. The summed E-state index contributed by atoms with van der Waals surface area (Å²) in [5.41, 5.74) is -1.28. The number of hydrogen-bond donors (Lipinski definition) is 2. The van der Waals surface area contributed by atoms with Gasteiger partial charge in [-0.2, -0.15) is 13.2 Å². The molecule has 0 aliphatic heterocycles. The number of halogens is 4. The molecular formula is C11H12F4O2. The van der Waals surface area contributed by atoms with Crippen molar-refractivity contribution in [1.29, 1.82) is 0 Å². The van der Waals surface area contributed by atoms with Gasteiger partial charge in [0.25, 0.3) is 0 Å². The molecule has 2 N–H and O–H groups in total. The molecule has 2 nitrogen and oxygen atoms in total. The average Bonchev–Trinajstić information content (AvgIpc) is 2.23. The minimum atomic E-state index is -4.74. The van der Waals surface area contributed by atoms with Crippen molar-refractivity contribution in [2.24, 2.45) is 0 Å². The van der Waals surface area contributed by atoms with Crippen molar-refractivity contribution < 1.29 is 27.8 Å². The third-order valence-electron chi connectivity index (χ3n) is 2.32. The van der Waals surface area contributed by atoms with E-state index in [0.29, 0.717) is 18.6 Å². The average molecular weight is 252 g/mol. The molecule has 0 saturated heterocycles. The van der Waals surface area contributed by atoms with E-state index in [4.69, 9.17) is 5.11 Å². The highest BCUT2D eigenvalue weighted by Crippen LogP contribution is 2.32. The third-order valence-corrected chi connectivity index (χ3v) is 2.32. The molecule has 6 heteroatoms. The first-order valence-corrected chi connectivity index (χ1v) is 5.02. The molecule has 0 heterocycles. The summed E-state index contributed by atoms with van der Waals surface area (Å²) in [4.78, 5) is 0. The van der Waals surface area contributed by atoms with Gasteiger partial charge in [0.15, 0.2) is 0 Å². The van der Waals surface area contributed by atoms with Crippen molar-refractivity contribution in [3.8, 4) is 0 Å². The summed E-state index contributed by atoms with van der Waals surface area (Å²) in [5.74, 6) is -1.40. The highest BCUT2D eigenvalue weighted by molar-refractivity contribution is 5.27. The third kappa shape index (κ3) is 3.67. The summed E-state index contributed by atoms with van der Waals surface area (Å²) in [7, 11) is 0. The summed E-state index contributed by atoms with van der Waals surface area (Å²) in [6.07, 6.45) is -5.34. The van der Waals surface area contributed by atoms with Crippen LogP contribution >= 0.6 is 0 Å². The first kappa shape index (κ1) is 13.9. The van der Waals surface area contributed by atoms with Gasteiger partial charge in [0, 0.05) is 6.61 Å². The van der Waals surface area contributed by atoms with Crippen molar-refractivity contribution in [3.05, 3.63) is 35.1 Å². The van der Waals surface area contributed by atoms with E-state index in [0.717, 1.165) is 6.07 Å². The van der Waals surface area contributed by atoms with Crippen LogP contribution < -0.4 is 0 Å². The first-order chi connectivity index (χ1) is 7.86. The van der Waals surface area contributed by atoms with E-state index in [1.807, 2.05) is 0 Å². The zero-order valence-corrected chi connectivity index (χ0v) is 8.84. The number of alkyl halides is 3. The second-order valence-electron chi connectivity index (χ2n) is 3.62. The molecule has 0 fully saturated rings. The normalized spacial score (nSPS) is 13.8. The Kier molecular flexibility index (Phi) is 4.47. The molecule has 1 atom stereocenters. The summed E-state index contributed by atoms with van der Waals surface area (Å²) < 4.78 is 49.9. The van der Waals surface area contributed by atoms with Crippen LogP contribution in [0.5, 0.6) is 0 Å². The predicted molar refractivity (Wildman–Crippen MR) is 52.7 cm³/mol. The fourth-order valence-electron chi connectivity index (χ4n) is 1.42. The van der Waals surface area contributed by atoms with Crippen LogP contribution in [0.25, 0.3) is 0 Å². The lowest BCUT2D eigenvalue weighted by atomic mass is 10.0. The van der Waals surface area contributed by atoms with Crippen molar-refractivity contribution in [1.82, 2.24) is 0 Å². The Morgan fingerprint density at radius 3 is 2.35 bits per heavy atom. The molecule has 0 aromatic heterocycles. The summed E-state index contributed by atoms with van der Waals surface area (Å²) >= 11 is 0. The number of aliphatic hydroxyl groups is 2. The Balaban J connectivity index is 2.89. The van der Waals surface area contributed by atoms with Crippen molar-refractivity contribution in [2.75, 3.05) is 6.61 Å². The molecule has 1 unspecified atom stereocenters. The molecule has 0 spiro atoms. The van der Waals surface area contributed by atoms with E-state index in [2.05, 4.69) is 0 Å². The zero-order valence-electron chi connectivity index (χ0n) is 8.84. The van der Waals surface area contributed by atoms with E-state index in [-0.39, 0.29) is 18.6 Å². The second kappa shape index (κ2) is 5.46. The van der Waals surface area contributed by atoms with E-state index in [1.54, 1.807) is 0 Å². The SMILES string of the molecule is OCCCC(O)c1ccc(C(F)(F)F)c(F)c1. The van der Waals surface area contributed by atoms with Gasteiger partial charge in [-0.15, -0.1) is 0 Å². The Morgan fingerprint density at radius 1 is 1.24 bits per heavy atom. The molecule has 0 aliphatic carbocycles.